The van der Waals surface area contributed by atoms with E-state index in [4.69, 9.17) is 5.73 Å². The first-order valence-corrected chi connectivity index (χ1v) is 7.52. The van der Waals surface area contributed by atoms with Crippen LogP contribution in [0.5, 0.6) is 0 Å². The van der Waals surface area contributed by atoms with Crippen molar-refractivity contribution in [2.24, 2.45) is 0 Å². The number of nitrogen functional groups attached to an aromatic ring is 1. The largest absolute Gasteiger partial charge is 0.480 e. The molecule has 1 aromatic carbocycles. The third kappa shape index (κ3) is 3.71. The second-order valence-electron chi connectivity index (χ2n) is 5.45. The SMILES string of the molecule is Nc1ncnc2c1ncn2CC(=O)N[C@@H](Cc1ccccc1)C(=O)O. The predicted octanol–water partition coefficient (Wildman–Crippen LogP) is 0.221. The number of carboxylic acid groups (broad SMARTS) is 1. The molecule has 9 heteroatoms. The molecule has 0 aliphatic heterocycles. The molecule has 9 nitrogen and oxygen atoms in total. The van der Waals surface area contributed by atoms with E-state index in [0.29, 0.717) is 11.2 Å². The summed E-state index contributed by atoms with van der Waals surface area (Å²) < 4.78 is 1.49. The van der Waals surface area contributed by atoms with Crippen LogP contribution in [0, 0.1) is 0 Å². The van der Waals surface area contributed by atoms with Gasteiger partial charge in [0.05, 0.1) is 6.33 Å². The van der Waals surface area contributed by atoms with Crippen molar-refractivity contribution >= 4 is 28.9 Å². The number of amides is 1. The first-order valence-electron chi connectivity index (χ1n) is 7.52. The summed E-state index contributed by atoms with van der Waals surface area (Å²) in [5.74, 6) is -1.34. The second kappa shape index (κ2) is 6.95. The molecule has 1 amide bonds. The first kappa shape index (κ1) is 16.4. The highest BCUT2D eigenvalue weighted by Crippen LogP contribution is 2.13. The van der Waals surface area contributed by atoms with Crippen LogP contribution < -0.4 is 11.1 Å². The summed E-state index contributed by atoms with van der Waals surface area (Å²) in [4.78, 5) is 35.6. The summed E-state index contributed by atoms with van der Waals surface area (Å²) in [5.41, 5.74) is 7.34. The number of nitrogens with one attached hydrogen (secondary N) is 1. The molecule has 128 valence electrons. The average Bonchev–Trinajstić information content (AvgIpc) is 2.99. The van der Waals surface area contributed by atoms with Crippen molar-refractivity contribution in [3.05, 3.63) is 48.5 Å². The molecule has 0 fully saturated rings. The Labute approximate surface area is 142 Å². The number of imidazole rings is 1. The average molecular weight is 340 g/mol. The Balaban J connectivity index is 1.71. The van der Waals surface area contributed by atoms with E-state index in [0.717, 1.165) is 5.56 Å². The number of aromatic nitrogens is 4. The summed E-state index contributed by atoms with van der Waals surface area (Å²) in [6.45, 7) is -0.120. The number of anilines is 1. The lowest BCUT2D eigenvalue weighted by Crippen LogP contribution is -2.43. The van der Waals surface area contributed by atoms with Gasteiger partial charge in [-0.3, -0.25) is 4.79 Å². The quantitative estimate of drug-likeness (QED) is 0.584. The Morgan fingerprint density at radius 2 is 1.96 bits per heavy atom. The number of hydrogen-bond donors (Lipinski definition) is 3. The summed E-state index contributed by atoms with van der Waals surface area (Å²) in [6, 6.07) is 8.07. The van der Waals surface area contributed by atoms with Crippen LogP contribution in [0.25, 0.3) is 11.2 Å². The number of benzene rings is 1. The highest BCUT2D eigenvalue weighted by atomic mass is 16.4. The zero-order valence-corrected chi connectivity index (χ0v) is 13.2. The molecule has 0 aliphatic rings. The van der Waals surface area contributed by atoms with Gasteiger partial charge in [-0.2, -0.15) is 0 Å². The fourth-order valence-electron chi connectivity index (χ4n) is 2.46. The van der Waals surface area contributed by atoms with E-state index in [1.807, 2.05) is 30.3 Å². The van der Waals surface area contributed by atoms with Gasteiger partial charge >= 0.3 is 5.97 Å². The fourth-order valence-corrected chi connectivity index (χ4v) is 2.46. The molecule has 2 aromatic heterocycles. The molecule has 0 unspecified atom stereocenters. The third-order valence-corrected chi connectivity index (χ3v) is 3.66. The number of nitrogens with zero attached hydrogens (tertiary/aromatic N) is 4. The van der Waals surface area contributed by atoms with Gasteiger partial charge in [-0.15, -0.1) is 0 Å². The molecule has 0 aliphatic carbocycles. The standard InChI is InChI=1S/C16H16N6O3/c17-14-13-15(19-8-18-14)22(9-20-13)7-12(23)21-11(16(24)25)6-10-4-2-1-3-5-10/h1-5,8-9,11H,6-7H2,(H,21,23)(H,24,25)(H2,17,18,19)/t11-/m0/s1. The van der Waals surface area contributed by atoms with Crippen LogP contribution in [-0.2, 0) is 22.6 Å². The number of fused-ring (bicyclic) bond motifs is 1. The highest BCUT2D eigenvalue weighted by molar-refractivity contribution is 5.86. The zero-order valence-electron chi connectivity index (χ0n) is 13.2. The lowest BCUT2D eigenvalue weighted by atomic mass is 10.1. The number of carboxylic acids is 1. The molecule has 2 heterocycles. The van der Waals surface area contributed by atoms with Gasteiger partial charge in [-0.25, -0.2) is 19.7 Å². The van der Waals surface area contributed by atoms with E-state index < -0.39 is 17.9 Å². The third-order valence-electron chi connectivity index (χ3n) is 3.66. The Hall–Kier alpha value is -3.49. The van der Waals surface area contributed by atoms with Crippen LogP contribution in [-0.4, -0.2) is 42.5 Å². The molecule has 3 rings (SSSR count). The Kier molecular flexibility index (Phi) is 4.55. The van der Waals surface area contributed by atoms with Crippen LogP contribution in [0.3, 0.4) is 0 Å². The van der Waals surface area contributed by atoms with E-state index in [-0.39, 0.29) is 18.8 Å². The first-order chi connectivity index (χ1) is 12.0. The maximum atomic E-state index is 12.2. The van der Waals surface area contributed by atoms with Crippen molar-refractivity contribution in [1.29, 1.82) is 0 Å². The van der Waals surface area contributed by atoms with E-state index in [1.54, 1.807) is 0 Å². The van der Waals surface area contributed by atoms with Crippen molar-refractivity contribution < 1.29 is 14.7 Å². The summed E-state index contributed by atoms with van der Waals surface area (Å²) in [7, 11) is 0. The monoisotopic (exact) mass is 340 g/mol. The molecule has 0 saturated carbocycles. The molecule has 0 spiro atoms. The Morgan fingerprint density at radius 3 is 2.68 bits per heavy atom. The van der Waals surface area contributed by atoms with Gasteiger partial charge in [0.15, 0.2) is 11.5 Å². The van der Waals surface area contributed by atoms with Crippen molar-refractivity contribution in [3.63, 3.8) is 0 Å². The summed E-state index contributed by atoms with van der Waals surface area (Å²) >= 11 is 0. The van der Waals surface area contributed by atoms with E-state index in [9.17, 15) is 14.7 Å². The fraction of sp³-hybridized carbons (Fsp3) is 0.188. The number of rotatable bonds is 6. The summed E-state index contributed by atoms with van der Waals surface area (Å²) in [5, 5.41) is 11.9. The number of hydrogen-bond acceptors (Lipinski definition) is 6. The number of carbonyl (C=O) groups is 2. The molecule has 3 aromatic rings. The highest BCUT2D eigenvalue weighted by Gasteiger charge is 2.21. The van der Waals surface area contributed by atoms with Gasteiger partial charge < -0.3 is 20.7 Å². The minimum Gasteiger partial charge on any atom is -0.480 e. The normalized spacial score (nSPS) is 12.0. The van der Waals surface area contributed by atoms with Gasteiger partial charge in [0.2, 0.25) is 5.91 Å². The Bertz CT molecular complexity index is 909. The molecular weight excluding hydrogens is 324 g/mol. The second-order valence-corrected chi connectivity index (χ2v) is 5.45. The van der Waals surface area contributed by atoms with Gasteiger partial charge in [-0.05, 0) is 5.56 Å². The molecule has 4 N–H and O–H groups in total. The van der Waals surface area contributed by atoms with Crippen molar-refractivity contribution in [3.8, 4) is 0 Å². The smallest absolute Gasteiger partial charge is 0.326 e. The summed E-state index contributed by atoms with van der Waals surface area (Å²) in [6.07, 6.45) is 2.90. The Morgan fingerprint density at radius 1 is 1.20 bits per heavy atom. The maximum Gasteiger partial charge on any atom is 0.326 e. The van der Waals surface area contributed by atoms with Crippen LogP contribution in [0.15, 0.2) is 43.0 Å². The maximum absolute atomic E-state index is 12.2. The van der Waals surface area contributed by atoms with Crippen molar-refractivity contribution in [1.82, 2.24) is 24.8 Å². The molecule has 25 heavy (non-hydrogen) atoms. The van der Waals surface area contributed by atoms with E-state index in [2.05, 4.69) is 20.3 Å². The molecule has 0 radical (unpaired) electrons. The van der Waals surface area contributed by atoms with E-state index in [1.165, 1.54) is 17.2 Å². The number of carbonyl (C=O) groups excluding carboxylic acids is 1. The number of aliphatic carboxylic acids is 1. The molecule has 0 bridgehead atoms. The lowest BCUT2D eigenvalue weighted by molar-refractivity contribution is -0.141. The van der Waals surface area contributed by atoms with Gasteiger partial charge in [0, 0.05) is 6.42 Å². The zero-order chi connectivity index (χ0) is 17.8. The lowest BCUT2D eigenvalue weighted by Gasteiger charge is -2.15. The van der Waals surface area contributed by atoms with Crippen LogP contribution in [0.4, 0.5) is 5.82 Å². The van der Waals surface area contributed by atoms with Crippen molar-refractivity contribution in [2.75, 3.05) is 5.73 Å². The van der Waals surface area contributed by atoms with E-state index >= 15 is 0 Å². The van der Waals surface area contributed by atoms with Gasteiger partial charge in [0.1, 0.15) is 24.4 Å². The minimum atomic E-state index is -1.10. The topological polar surface area (TPSA) is 136 Å². The molecular formula is C16H16N6O3. The van der Waals surface area contributed by atoms with Crippen molar-refractivity contribution in [2.45, 2.75) is 19.0 Å². The molecule has 1 atom stereocenters. The number of nitrogens with two attached hydrogens (primary N) is 1. The minimum absolute atomic E-state index is 0.120. The molecule has 0 saturated heterocycles. The van der Waals surface area contributed by atoms with Crippen LogP contribution in [0.2, 0.25) is 0 Å². The van der Waals surface area contributed by atoms with Gasteiger partial charge in [-0.1, -0.05) is 30.3 Å². The van der Waals surface area contributed by atoms with Crippen LogP contribution in [0.1, 0.15) is 5.56 Å². The van der Waals surface area contributed by atoms with Crippen LogP contribution >= 0.6 is 0 Å². The van der Waals surface area contributed by atoms with Gasteiger partial charge in [0.25, 0.3) is 0 Å². The predicted molar refractivity (Wildman–Crippen MR) is 89.4 cm³/mol.